The molecule has 2 aromatic rings. The SMILES string of the molecule is COc1ccc(-c2ccc[c]c2Cl)cn1. The number of hydrogen-bond donors (Lipinski definition) is 0. The fourth-order valence-corrected chi connectivity index (χ4v) is 1.53. The molecule has 0 bridgehead atoms. The van der Waals surface area contributed by atoms with Crippen molar-refractivity contribution in [3.63, 3.8) is 0 Å². The van der Waals surface area contributed by atoms with Crippen molar-refractivity contribution in [3.05, 3.63) is 47.6 Å². The summed E-state index contributed by atoms with van der Waals surface area (Å²) in [5.41, 5.74) is 1.88. The Labute approximate surface area is 93.5 Å². The van der Waals surface area contributed by atoms with Crippen molar-refractivity contribution in [2.24, 2.45) is 0 Å². The number of halogens is 1. The topological polar surface area (TPSA) is 22.1 Å². The van der Waals surface area contributed by atoms with E-state index in [0.29, 0.717) is 10.9 Å². The van der Waals surface area contributed by atoms with Crippen LogP contribution in [0.1, 0.15) is 0 Å². The van der Waals surface area contributed by atoms with E-state index in [1.165, 1.54) is 0 Å². The van der Waals surface area contributed by atoms with E-state index < -0.39 is 0 Å². The van der Waals surface area contributed by atoms with Gasteiger partial charge in [0.1, 0.15) is 0 Å². The highest BCUT2D eigenvalue weighted by molar-refractivity contribution is 6.33. The van der Waals surface area contributed by atoms with Crippen LogP contribution in [-0.2, 0) is 0 Å². The molecule has 0 amide bonds. The Morgan fingerprint density at radius 3 is 2.80 bits per heavy atom. The van der Waals surface area contributed by atoms with E-state index >= 15 is 0 Å². The number of aromatic nitrogens is 1. The number of ether oxygens (including phenoxy) is 1. The number of benzene rings is 1. The van der Waals surface area contributed by atoms with Gasteiger partial charge in [-0.15, -0.1) is 0 Å². The third kappa shape index (κ3) is 2.10. The van der Waals surface area contributed by atoms with Crippen molar-refractivity contribution in [2.75, 3.05) is 7.11 Å². The first-order valence-electron chi connectivity index (χ1n) is 4.48. The molecule has 0 spiro atoms. The maximum absolute atomic E-state index is 6.02. The van der Waals surface area contributed by atoms with Gasteiger partial charge in [0.25, 0.3) is 0 Å². The predicted octanol–water partition coefficient (Wildman–Crippen LogP) is 3.21. The van der Waals surface area contributed by atoms with Crippen LogP contribution in [0.15, 0.2) is 36.5 Å². The zero-order valence-corrected chi connectivity index (χ0v) is 8.95. The maximum atomic E-state index is 6.02. The van der Waals surface area contributed by atoms with Gasteiger partial charge < -0.3 is 4.74 Å². The second kappa shape index (κ2) is 4.32. The minimum atomic E-state index is 0.592. The van der Waals surface area contributed by atoms with Gasteiger partial charge in [-0.1, -0.05) is 29.8 Å². The van der Waals surface area contributed by atoms with E-state index in [-0.39, 0.29) is 0 Å². The summed E-state index contributed by atoms with van der Waals surface area (Å²) in [7, 11) is 1.59. The Morgan fingerprint density at radius 2 is 2.20 bits per heavy atom. The summed E-state index contributed by atoms with van der Waals surface area (Å²) >= 11 is 6.02. The molecule has 0 aliphatic heterocycles. The van der Waals surface area contributed by atoms with Crippen LogP contribution >= 0.6 is 11.6 Å². The van der Waals surface area contributed by atoms with Gasteiger partial charge in [-0.25, -0.2) is 4.98 Å². The first-order chi connectivity index (χ1) is 7.31. The third-order valence-corrected chi connectivity index (χ3v) is 2.37. The standard InChI is InChI=1S/C12H9ClNO/c1-15-12-7-6-9(8-14-12)10-4-2-3-5-11(10)13/h2-4,6-8H,1H3. The van der Waals surface area contributed by atoms with E-state index in [2.05, 4.69) is 11.1 Å². The summed E-state index contributed by atoms with van der Waals surface area (Å²) in [5.74, 6) is 0.592. The summed E-state index contributed by atoms with van der Waals surface area (Å²) in [4.78, 5) is 4.12. The number of rotatable bonds is 2. The minimum Gasteiger partial charge on any atom is -0.481 e. The summed E-state index contributed by atoms with van der Waals surface area (Å²) in [6, 6.07) is 12.3. The highest BCUT2D eigenvalue weighted by Gasteiger charge is 2.02. The molecule has 0 atom stereocenters. The molecule has 1 heterocycles. The Balaban J connectivity index is 2.42. The van der Waals surface area contributed by atoms with Crippen LogP contribution in [0.3, 0.4) is 0 Å². The Morgan fingerprint density at radius 1 is 1.33 bits per heavy atom. The van der Waals surface area contributed by atoms with Gasteiger partial charge in [0.2, 0.25) is 5.88 Å². The maximum Gasteiger partial charge on any atom is 0.212 e. The van der Waals surface area contributed by atoms with Gasteiger partial charge in [-0.05, 0) is 6.07 Å². The van der Waals surface area contributed by atoms with Gasteiger partial charge in [-0.2, -0.15) is 0 Å². The van der Waals surface area contributed by atoms with Gasteiger partial charge in [0, 0.05) is 29.5 Å². The van der Waals surface area contributed by atoms with Crippen LogP contribution in [0.2, 0.25) is 5.02 Å². The fraction of sp³-hybridized carbons (Fsp3) is 0.0833. The van der Waals surface area contributed by atoms with Gasteiger partial charge in [0.15, 0.2) is 0 Å². The molecule has 0 fully saturated rings. The number of pyridine rings is 1. The van der Waals surface area contributed by atoms with Crippen molar-refractivity contribution in [2.45, 2.75) is 0 Å². The molecule has 0 aliphatic carbocycles. The molecular formula is C12H9ClNO. The lowest BCUT2D eigenvalue weighted by Crippen LogP contribution is -1.87. The molecule has 15 heavy (non-hydrogen) atoms. The van der Waals surface area contributed by atoms with Crippen LogP contribution in [0.5, 0.6) is 5.88 Å². The van der Waals surface area contributed by atoms with Crippen LogP contribution in [0.4, 0.5) is 0 Å². The number of hydrogen-bond acceptors (Lipinski definition) is 2. The monoisotopic (exact) mass is 218 g/mol. The summed E-state index contributed by atoms with van der Waals surface area (Å²) in [6.45, 7) is 0. The third-order valence-electron chi connectivity index (χ3n) is 2.06. The average molecular weight is 219 g/mol. The second-order valence-electron chi connectivity index (χ2n) is 2.99. The lowest BCUT2D eigenvalue weighted by Gasteiger charge is -2.04. The van der Waals surface area contributed by atoms with Crippen LogP contribution in [0, 0.1) is 6.07 Å². The zero-order chi connectivity index (χ0) is 10.7. The molecule has 0 saturated carbocycles. The number of nitrogens with zero attached hydrogens (tertiary/aromatic N) is 1. The van der Waals surface area contributed by atoms with Crippen molar-refractivity contribution in [3.8, 4) is 17.0 Å². The highest BCUT2D eigenvalue weighted by Crippen LogP contribution is 2.27. The normalized spacial score (nSPS) is 10.0. The van der Waals surface area contributed by atoms with E-state index in [4.69, 9.17) is 16.3 Å². The molecule has 2 nitrogen and oxygen atoms in total. The second-order valence-corrected chi connectivity index (χ2v) is 3.36. The van der Waals surface area contributed by atoms with Gasteiger partial charge in [-0.3, -0.25) is 0 Å². The minimum absolute atomic E-state index is 0.592. The van der Waals surface area contributed by atoms with Crippen LogP contribution < -0.4 is 4.74 Å². The van der Waals surface area contributed by atoms with Gasteiger partial charge in [0.05, 0.1) is 12.1 Å². The molecule has 1 aromatic heterocycles. The van der Waals surface area contributed by atoms with Crippen molar-refractivity contribution < 1.29 is 4.74 Å². The smallest absolute Gasteiger partial charge is 0.212 e. The molecule has 75 valence electrons. The van der Waals surface area contributed by atoms with Crippen molar-refractivity contribution >= 4 is 11.6 Å². The molecule has 0 aliphatic rings. The highest BCUT2D eigenvalue weighted by atomic mass is 35.5. The van der Waals surface area contributed by atoms with E-state index in [1.54, 1.807) is 25.4 Å². The Hall–Kier alpha value is -1.54. The molecule has 3 heteroatoms. The van der Waals surface area contributed by atoms with Crippen LogP contribution in [-0.4, -0.2) is 12.1 Å². The van der Waals surface area contributed by atoms with E-state index in [9.17, 15) is 0 Å². The quantitative estimate of drug-likeness (QED) is 0.772. The molecule has 1 aromatic carbocycles. The molecule has 1 radical (unpaired) electrons. The van der Waals surface area contributed by atoms with Gasteiger partial charge >= 0.3 is 0 Å². The predicted molar refractivity (Wildman–Crippen MR) is 60.1 cm³/mol. The molecular weight excluding hydrogens is 210 g/mol. The first-order valence-corrected chi connectivity index (χ1v) is 4.85. The lowest BCUT2D eigenvalue weighted by molar-refractivity contribution is 0.398. The largest absolute Gasteiger partial charge is 0.481 e. The van der Waals surface area contributed by atoms with E-state index in [0.717, 1.165) is 11.1 Å². The fourth-order valence-electron chi connectivity index (χ4n) is 1.30. The van der Waals surface area contributed by atoms with E-state index in [1.807, 2.05) is 18.2 Å². The Bertz CT molecular complexity index is 453. The number of methoxy groups -OCH3 is 1. The molecule has 0 N–H and O–H groups in total. The van der Waals surface area contributed by atoms with Crippen LogP contribution in [0.25, 0.3) is 11.1 Å². The molecule has 2 rings (SSSR count). The molecule has 0 saturated heterocycles. The lowest BCUT2D eigenvalue weighted by atomic mass is 10.1. The summed E-state index contributed by atoms with van der Waals surface area (Å²) < 4.78 is 4.98. The summed E-state index contributed by atoms with van der Waals surface area (Å²) in [5, 5.41) is 0.601. The van der Waals surface area contributed by atoms with Crippen molar-refractivity contribution in [1.29, 1.82) is 0 Å². The van der Waals surface area contributed by atoms with Crippen molar-refractivity contribution in [1.82, 2.24) is 4.98 Å². The average Bonchev–Trinajstić information content (AvgIpc) is 2.30. The molecule has 0 unspecified atom stereocenters. The summed E-state index contributed by atoms with van der Waals surface area (Å²) in [6.07, 6.45) is 1.73. The first kappa shape index (κ1) is 9.99. The zero-order valence-electron chi connectivity index (χ0n) is 8.20. The Kier molecular flexibility index (Phi) is 2.88.